The maximum absolute atomic E-state index is 12.8. The van der Waals surface area contributed by atoms with Gasteiger partial charge >= 0.3 is 0 Å². The Hall–Kier alpha value is -2.32. The zero-order valence-electron chi connectivity index (χ0n) is 19.6. The Labute approximate surface area is 201 Å². The number of amides is 1. The van der Waals surface area contributed by atoms with E-state index >= 15 is 0 Å². The van der Waals surface area contributed by atoms with Crippen LogP contribution in [0.15, 0.2) is 47.5 Å². The van der Waals surface area contributed by atoms with Gasteiger partial charge in [-0.1, -0.05) is 41.6 Å². The van der Waals surface area contributed by atoms with Crippen LogP contribution in [0.1, 0.15) is 30.5 Å². The molecule has 0 N–H and O–H groups in total. The number of thioether (sulfide) groups is 1. The van der Waals surface area contributed by atoms with E-state index in [1.54, 1.807) is 0 Å². The fraction of sp³-hybridized carbons (Fsp3) is 0.440. The minimum absolute atomic E-state index is 0.0904. The summed E-state index contributed by atoms with van der Waals surface area (Å²) in [6.07, 6.45) is 0.228. The molecule has 2 unspecified atom stereocenters. The average molecular weight is 486 g/mol. The topological polar surface area (TPSA) is 70.0 Å². The Balaban J connectivity index is 1.66. The van der Waals surface area contributed by atoms with Gasteiger partial charge in [-0.2, -0.15) is 4.99 Å². The lowest BCUT2D eigenvalue weighted by Gasteiger charge is -2.28. The Morgan fingerprint density at radius 2 is 1.79 bits per heavy atom. The fourth-order valence-electron chi connectivity index (χ4n) is 4.57. The van der Waals surface area contributed by atoms with Crippen molar-refractivity contribution in [3.63, 3.8) is 0 Å². The van der Waals surface area contributed by atoms with Gasteiger partial charge in [0.05, 0.1) is 24.0 Å². The van der Waals surface area contributed by atoms with Crippen LogP contribution < -0.4 is 9.80 Å². The number of carbonyl (C=O) groups is 1. The van der Waals surface area contributed by atoms with Gasteiger partial charge in [-0.05, 0) is 57.0 Å². The molecule has 6 nitrogen and oxygen atoms in total. The van der Waals surface area contributed by atoms with Crippen LogP contribution in [0, 0.1) is 13.8 Å². The van der Waals surface area contributed by atoms with E-state index < -0.39 is 9.84 Å². The van der Waals surface area contributed by atoms with Crippen molar-refractivity contribution in [2.24, 2.45) is 4.99 Å². The van der Waals surface area contributed by atoms with Crippen LogP contribution in [0.4, 0.5) is 11.4 Å². The Morgan fingerprint density at radius 3 is 2.42 bits per heavy atom. The molecule has 0 saturated carbocycles. The minimum Gasteiger partial charge on any atom is -0.372 e. The minimum atomic E-state index is -3.10. The van der Waals surface area contributed by atoms with Gasteiger partial charge in [-0.15, -0.1) is 0 Å². The third-order valence-corrected chi connectivity index (χ3v) is 9.54. The standard InChI is InChI=1S/C25H31N3O3S2/c1-5-27(6-2)20-11-12-21(18(4)13-20)28-22-15-33(30,31)16-23(22)32-25(28)26-24(29)14-19-9-7-17(3)8-10-19/h7-13,22-23H,5-6,14-16H2,1-4H3. The normalized spacial score (nSPS) is 22.5. The van der Waals surface area contributed by atoms with Gasteiger partial charge in [0, 0.05) is 29.7 Å². The average Bonchev–Trinajstić information content (AvgIpc) is 3.22. The summed E-state index contributed by atoms with van der Waals surface area (Å²) in [5.41, 5.74) is 5.17. The maximum Gasteiger partial charge on any atom is 0.252 e. The summed E-state index contributed by atoms with van der Waals surface area (Å²) in [5, 5.41) is 0.499. The second-order valence-corrected chi connectivity index (χ2v) is 12.1. The molecule has 1 amide bonds. The van der Waals surface area contributed by atoms with Crippen molar-refractivity contribution < 1.29 is 13.2 Å². The molecule has 8 heteroatoms. The van der Waals surface area contributed by atoms with E-state index in [-0.39, 0.29) is 35.1 Å². The lowest BCUT2D eigenvalue weighted by atomic mass is 10.1. The van der Waals surface area contributed by atoms with Crippen molar-refractivity contribution >= 4 is 44.0 Å². The SMILES string of the molecule is CCN(CC)c1ccc(N2C(=NC(=O)Cc3ccc(C)cc3)SC3CS(=O)(=O)CC32)c(C)c1. The molecule has 0 bridgehead atoms. The molecule has 176 valence electrons. The molecular weight excluding hydrogens is 454 g/mol. The van der Waals surface area contributed by atoms with Crippen molar-refractivity contribution in [1.29, 1.82) is 0 Å². The molecule has 0 spiro atoms. The first kappa shape index (κ1) is 23.8. The molecule has 2 fully saturated rings. The van der Waals surface area contributed by atoms with Crippen LogP contribution in [0.25, 0.3) is 0 Å². The highest BCUT2D eigenvalue weighted by Gasteiger charge is 2.49. The summed E-state index contributed by atoms with van der Waals surface area (Å²) in [5.74, 6) is -0.000180. The Morgan fingerprint density at radius 1 is 1.09 bits per heavy atom. The number of benzene rings is 2. The molecule has 2 aliphatic heterocycles. The van der Waals surface area contributed by atoms with Crippen LogP contribution in [0.3, 0.4) is 0 Å². The van der Waals surface area contributed by atoms with Crippen LogP contribution in [-0.4, -0.2) is 55.4 Å². The van der Waals surface area contributed by atoms with E-state index in [2.05, 4.69) is 35.9 Å². The monoisotopic (exact) mass is 485 g/mol. The molecule has 33 heavy (non-hydrogen) atoms. The molecule has 0 radical (unpaired) electrons. The Kier molecular flexibility index (Phi) is 6.86. The zero-order valence-corrected chi connectivity index (χ0v) is 21.2. The van der Waals surface area contributed by atoms with Crippen molar-refractivity contribution in [2.45, 2.75) is 45.4 Å². The summed E-state index contributed by atoms with van der Waals surface area (Å²) in [4.78, 5) is 21.6. The summed E-state index contributed by atoms with van der Waals surface area (Å²) < 4.78 is 24.7. The number of amidine groups is 1. The third kappa shape index (κ3) is 5.11. The van der Waals surface area contributed by atoms with E-state index in [1.807, 2.05) is 49.1 Å². The number of sulfone groups is 1. The van der Waals surface area contributed by atoms with Crippen molar-refractivity contribution in [3.05, 3.63) is 59.2 Å². The van der Waals surface area contributed by atoms with E-state index in [1.165, 1.54) is 11.8 Å². The van der Waals surface area contributed by atoms with E-state index in [0.717, 1.165) is 41.2 Å². The number of aryl methyl sites for hydroxylation is 2. The highest BCUT2D eigenvalue weighted by Crippen LogP contribution is 2.42. The van der Waals surface area contributed by atoms with E-state index in [9.17, 15) is 13.2 Å². The predicted molar refractivity (Wildman–Crippen MR) is 138 cm³/mol. The van der Waals surface area contributed by atoms with E-state index in [4.69, 9.17) is 0 Å². The van der Waals surface area contributed by atoms with Gasteiger partial charge in [0.1, 0.15) is 0 Å². The van der Waals surface area contributed by atoms with Gasteiger partial charge in [0.15, 0.2) is 15.0 Å². The number of hydrogen-bond donors (Lipinski definition) is 0. The molecule has 2 aromatic rings. The quantitative estimate of drug-likeness (QED) is 0.616. The molecule has 2 saturated heterocycles. The van der Waals surface area contributed by atoms with Crippen LogP contribution in [0.2, 0.25) is 0 Å². The number of nitrogens with zero attached hydrogens (tertiary/aromatic N) is 3. The highest BCUT2D eigenvalue weighted by molar-refractivity contribution is 8.16. The van der Waals surface area contributed by atoms with Gasteiger partial charge in [-0.25, -0.2) is 8.42 Å². The number of fused-ring (bicyclic) bond motifs is 1. The second-order valence-electron chi connectivity index (χ2n) is 8.76. The van der Waals surface area contributed by atoms with Crippen LogP contribution in [0.5, 0.6) is 0 Å². The number of anilines is 2. The number of carbonyl (C=O) groups excluding carboxylic acids is 1. The van der Waals surface area contributed by atoms with Crippen molar-refractivity contribution in [3.8, 4) is 0 Å². The summed E-state index contributed by atoms with van der Waals surface area (Å²) in [7, 11) is -3.10. The van der Waals surface area contributed by atoms with Crippen LogP contribution in [-0.2, 0) is 21.1 Å². The summed E-state index contributed by atoms with van der Waals surface area (Å²) >= 11 is 1.42. The van der Waals surface area contributed by atoms with Gasteiger partial charge in [0.25, 0.3) is 5.91 Å². The molecule has 2 atom stereocenters. The maximum atomic E-state index is 12.8. The van der Waals surface area contributed by atoms with Gasteiger partial charge in [0.2, 0.25) is 0 Å². The summed E-state index contributed by atoms with van der Waals surface area (Å²) in [6.45, 7) is 10.1. The predicted octanol–water partition coefficient (Wildman–Crippen LogP) is 3.99. The van der Waals surface area contributed by atoms with Crippen LogP contribution >= 0.6 is 11.8 Å². The largest absolute Gasteiger partial charge is 0.372 e. The first-order valence-corrected chi connectivity index (χ1v) is 14.1. The van der Waals surface area contributed by atoms with Crippen molar-refractivity contribution in [2.75, 3.05) is 34.4 Å². The molecule has 2 aliphatic rings. The van der Waals surface area contributed by atoms with Gasteiger partial charge < -0.3 is 9.80 Å². The van der Waals surface area contributed by atoms with Gasteiger partial charge in [-0.3, -0.25) is 4.79 Å². The lowest BCUT2D eigenvalue weighted by molar-refractivity contribution is -0.117. The van der Waals surface area contributed by atoms with E-state index in [0.29, 0.717) is 5.17 Å². The summed E-state index contributed by atoms with van der Waals surface area (Å²) in [6, 6.07) is 13.9. The molecular formula is C25H31N3O3S2. The zero-order chi connectivity index (χ0) is 23.8. The third-order valence-electron chi connectivity index (χ3n) is 6.33. The molecule has 0 aromatic heterocycles. The molecule has 0 aliphatic carbocycles. The second kappa shape index (κ2) is 9.50. The van der Waals surface area contributed by atoms with Crippen molar-refractivity contribution in [1.82, 2.24) is 0 Å². The number of aliphatic imine (C=N–C) groups is 1. The Bertz CT molecular complexity index is 1170. The first-order valence-electron chi connectivity index (χ1n) is 11.4. The molecule has 2 aromatic carbocycles. The number of rotatable bonds is 6. The number of hydrogen-bond acceptors (Lipinski definition) is 5. The highest BCUT2D eigenvalue weighted by atomic mass is 32.2. The lowest BCUT2D eigenvalue weighted by Crippen LogP contribution is -2.38. The molecule has 4 rings (SSSR count). The fourth-order valence-corrected chi connectivity index (χ4v) is 8.49. The molecule has 2 heterocycles. The smallest absolute Gasteiger partial charge is 0.252 e. The first-order chi connectivity index (χ1) is 15.7.